The van der Waals surface area contributed by atoms with E-state index in [9.17, 15) is 9.18 Å². The van der Waals surface area contributed by atoms with Gasteiger partial charge in [0.2, 0.25) is 12.4 Å². The van der Waals surface area contributed by atoms with E-state index in [1.807, 2.05) is 11.8 Å². The van der Waals surface area contributed by atoms with Crippen LogP contribution in [0.15, 0.2) is 6.07 Å². The smallest absolute Gasteiger partial charge is 0.228 e. The molecule has 0 spiro atoms. The first-order valence-electron chi connectivity index (χ1n) is 7.83. The second-order valence-electron chi connectivity index (χ2n) is 5.87. The summed E-state index contributed by atoms with van der Waals surface area (Å²) in [5, 5.41) is 0.359. The zero-order valence-corrected chi connectivity index (χ0v) is 14.3. The Morgan fingerprint density at radius 1 is 1.32 bits per heavy atom. The van der Waals surface area contributed by atoms with Gasteiger partial charge in [0.15, 0.2) is 17.3 Å². The van der Waals surface area contributed by atoms with Gasteiger partial charge in [0.1, 0.15) is 11.3 Å². The third-order valence-electron chi connectivity index (χ3n) is 4.36. The maximum absolute atomic E-state index is 14.8. The van der Waals surface area contributed by atoms with Gasteiger partial charge in [0, 0.05) is 31.1 Å². The second-order valence-corrected chi connectivity index (χ2v) is 5.87. The van der Waals surface area contributed by atoms with E-state index in [0.29, 0.717) is 31.0 Å². The first-order valence-corrected chi connectivity index (χ1v) is 7.83. The maximum atomic E-state index is 14.8. The lowest BCUT2D eigenvalue weighted by molar-refractivity contribution is -0.118. The van der Waals surface area contributed by atoms with Crippen LogP contribution < -0.4 is 20.1 Å². The average molecular weight is 349 g/mol. The minimum atomic E-state index is -0.647. The number of carbonyl (C=O) groups is 1. The van der Waals surface area contributed by atoms with E-state index >= 15 is 0 Å². The van der Waals surface area contributed by atoms with Gasteiger partial charge in [-0.2, -0.15) is 4.98 Å². The van der Waals surface area contributed by atoms with Gasteiger partial charge in [-0.15, -0.1) is 0 Å². The highest BCUT2D eigenvalue weighted by Crippen LogP contribution is 2.37. The number of rotatable bonds is 4. The number of aromatic nitrogens is 2. The Balaban J connectivity index is 2.10. The zero-order valence-electron chi connectivity index (χ0n) is 14.3. The minimum Gasteiger partial charge on any atom is -0.493 e. The molecular weight excluding hydrogens is 329 g/mol. The number of piperazine rings is 1. The molecule has 0 bridgehead atoms. The van der Waals surface area contributed by atoms with Crippen LogP contribution in [0.1, 0.15) is 6.92 Å². The van der Waals surface area contributed by atoms with Crippen molar-refractivity contribution < 1.29 is 18.7 Å². The number of methoxy groups -OCH3 is 2. The van der Waals surface area contributed by atoms with Gasteiger partial charge < -0.3 is 25.0 Å². The molecule has 1 atom stereocenters. The number of nitrogen functional groups attached to an aromatic ring is 1. The van der Waals surface area contributed by atoms with Crippen LogP contribution in [0.25, 0.3) is 10.9 Å². The molecule has 134 valence electrons. The fraction of sp³-hybridized carbons (Fsp3) is 0.438. The maximum Gasteiger partial charge on any atom is 0.228 e. The van der Waals surface area contributed by atoms with Gasteiger partial charge in [0.05, 0.1) is 14.2 Å². The van der Waals surface area contributed by atoms with E-state index in [2.05, 4.69) is 9.97 Å². The molecule has 0 aliphatic carbocycles. The van der Waals surface area contributed by atoms with Crippen molar-refractivity contribution in [1.29, 1.82) is 0 Å². The van der Waals surface area contributed by atoms with Gasteiger partial charge in [0.25, 0.3) is 0 Å². The van der Waals surface area contributed by atoms with Crippen LogP contribution in [0.5, 0.6) is 11.5 Å². The van der Waals surface area contributed by atoms with Crippen molar-refractivity contribution in [2.45, 2.75) is 13.0 Å². The summed E-state index contributed by atoms with van der Waals surface area (Å²) >= 11 is 0. The Labute approximate surface area is 144 Å². The number of ether oxygens (including phenoxy) is 2. The van der Waals surface area contributed by atoms with Crippen LogP contribution in [-0.2, 0) is 4.79 Å². The van der Waals surface area contributed by atoms with Crippen molar-refractivity contribution in [1.82, 2.24) is 14.9 Å². The highest BCUT2D eigenvalue weighted by Gasteiger charge is 2.27. The normalized spacial score (nSPS) is 17.7. The number of halogens is 1. The van der Waals surface area contributed by atoms with Crippen molar-refractivity contribution in [2.24, 2.45) is 0 Å². The number of anilines is 2. The second kappa shape index (κ2) is 6.58. The molecule has 8 nitrogen and oxygen atoms in total. The number of benzene rings is 1. The fourth-order valence-electron chi connectivity index (χ4n) is 3.05. The molecule has 1 aliphatic rings. The zero-order chi connectivity index (χ0) is 18.1. The molecular formula is C16H20FN5O3. The van der Waals surface area contributed by atoms with Crippen molar-refractivity contribution in [3.05, 3.63) is 11.9 Å². The molecule has 1 aromatic heterocycles. The Morgan fingerprint density at radius 2 is 2.08 bits per heavy atom. The van der Waals surface area contributed by atoms with Crippen LogP contribution >= 0.6 is 0 Å². The highest BCUT2D eigenvalue weighted by molar-refractivity contribution is 5.92. The first-order chi connectivity index (χ1) is 12.0. The monoisotopic (exact) mass is 349 g/mol. The summed E-state index contributed by atoms with van der Waals surface area (Å²) in [7, 11) is 2.78. The van der Waals surface area contributed by atoms with Gasteiger partial charge in [-0.3, -0.25) is 4.79 Å². The molecule has 25 heavy (non-hydrogen) atoms. The molecule has 1 fully saturated rings. The Bertz CT molecular complexity index is 816. The summed E-state index contributed by atoms with van der Waals surface area (Å²) in [6.45, 7) is 3.58. The van der Waals surface area contributed by atoms with Crippen molar-refractivity contribution >= 4 is 29.1 Å². The van der Waals surface area contributed by atoms with E-state index in [4.69, 9.17) is 15.2 Å². The fourth-order valence-corrected chi connectivity index (χ4v) is 3.05. The molecule has 1 amide bonds. The summed E-state index contributed by atoms with van der Waals surface area (Å²) < 4.78 is 25.1. The van der Waals surface area contributed by atoms with Crippen LogP contribution in [-0.4, -0.2) is 61.2 Å². The summed E-state index contributed by atoms with van der Waals surface area (Å²) in [4.78, 5) is 23.2. The Kier molecular flexibility index (Phi) is 4.47. The third kappa shape index (κ3) is 2.86. The summed E-state index contributed by atoms with van der Waals surface area (Å²) in [5.74, 6) is 0.0341. The predicted octanol–water partition coefficient (Wildman–Crippen LogP) is 1.04. The Morgan fingerprint density at radius 3 is 2.68 bits per heavy atom. The van der Waals surface area contributed by atoms with E-state index in [0.717, 1.165) is 6.41 Å². The Hall–Kier alpha value is -2.84. The average Bonchev–Trinajstić information content (AvgIpc) is 2.61. The molecule has 1 aliphatic heterocycles. The van der Waals surface area contributed by atoms with Crippen molar-refractivity contribution in [2.75, 3.05) is 44.5 Å². The largest absolute Gasteiger partial charge is 0.493 e. The van der Waals surface area contributed by atoms with Crippen LogP contribution in [0.3, 0.4) is 0 Å². The lowest BCUT2D eigenvalue weighted by Crippen LogP contribution is -2.52. The molecule has 2 N–H and O–H groups in total. The van der Waals surface area contributed by atoms with E-state index in [-0.39, 0.29) is 28.9 Å². The van der Waals surface area contributed by atoms with Crippen LogP contribution in [0, 0.1) is 5.82 Å². The number of nitrogens with zero attached hydrogens (tertiary/aromatic N) is 4. The van der Waals surface area contributed by atoms with Crippen molar-refractivity contribution in [3.63, 3.8) is 0 Å². The standard InChI is InChI=1S/C16H20FN5O3/c1-9-7-21(8-23)4-5-22(9)16-19-13-10(15(18)20-16)6-11(24-2)14(25-3)12(13)17/h6,8-9H,4-5,7H2,1-3H3,(H2,18,19,20)/t9-/m0/s1. The number of hydrogen-bond acceptors (Lipinski definition) is 7. The molecule has 2 heterocycles. The molecule has 0 unspecified atom stereocenters. The summed E-state index contributed by atoms with van der Waals surface area (Å²) in [5.41, 5.74) is 6.11. The first kappa shape index (κ1) is 17.0. The van der Waals surface area contributed by atoms with E-state index in [1.165, 1.54) is 14.2 Å². The molecule has 1 aromatic carbocycles. The topological polar surface area (TPSA) is 93.8 Å². The van der Waals surface area contributed by atoms with E-state index in [1.54, 1.807) is 11.0 Å². The lowest BCUT2D eigenvalue weighted by Gasteiger charge is -2.38. The van der Waals surface area contributed by atoms with Crippen molar-refractivity contribution in [3.8, 4) is 11.5 Å². The number of nitrogens with two attached hydrogens (primary N) is 1. The van der Waals surface area contributed by atoms with Gasteiger partial charge in [-0.25, -0.2) is 9.37 Å². The van der Waals surface area contributed by atoms with Crippen LogP contribution in [0.4, 0.5) is 16.2 Å². The van der Waals surface area contributed by atoms with Gasteiger partial charge in [-0.05, 0) is 13.0 Å². The number of carbonyl (C=O) groups excluding carboxylic acids is 1. The highest BCUT2D eigenvalue weighted by atomic mass is 19.1. The minimum absolute atomic E-state index is 0.0148. The number of fused-ring (bicyclic) bond motifs is 1. The quantitative estimate of drug-likeness (QED) is 0.824. The van der Waals surface area contributed by atoms with Gasteiger partial charge >= 0.3 is 0 Å². The van der Waals surface area contributed by atoms with Crippen LogP contribution in [0.2, 0.25) is 0 Å². The number of hydrogen-bond donors (Lipinski definition) is 1. The molecule has 0 radical (unpaired) electrons. The molecule has 9 heteroatoms. The van der Waals surface area contributed by atoms with E-state index < -0.39 is 5.82 Å². The number of amides is 1. The van der Waals surface area contributed by atoms with Gasteiger partial charge in [-0.1, -0.05) is 0 Å². The predicted molar refractivity (Wildman–Crippen MR) is 91.5 cm³/mol. The molecule has 0 saturated carbocycles. The molecule has 2 aromatic rings. The lowest BCUT2D eigenvalue weighted by atomic mass is 10.2. The summed E-state index contributed by atoms with van der Waals surface area (Å²) in [6, 6.07) is 1.54. The SMILES string of the molecule is COc1cc2c(N)nc(N3CCN(C=O)C[C@@H]3C)nc2c(F)c1OC. The molecule has 3 rings (SSSR count). The molecule has 1 saturated heterocycles. The third-order valence-corrected chi connectivity index (χ3v) is 4.36. The summed E-state index contributed by atoms with van der Waals surface area (Å²) in [6.07, 6.45) is 0.820.